The smallest absolute Gasteiger partial charge is 0.241 e. The van der Waals surface area contributed by atoms with Crippen molar-refractivity contribution < 1.29 is 18.4 Å². The van der Waals surface area contributed by atoms with Crippen LogP contribution in [0.1, 0.15) is 17.0 Å². The van der Waals surface area contributed by atoms with E-state index in [9.17, 15) is 0 Å². The van der Waals surface area contributed by atoms with Crippen LogP contribution < -0.4 is 9.47 Å². The standard InChI is InChI=1S/C18H19N3O4/c1-22-15-8-12-5-6-21(10-13(12)9-16(15)23-2)11-17-19-18(20-25-17)14-4-3-7-24-14/h3-4,7-9H,5-6,10-11H2,1-2H3. The van der Waals surface area contributed by atoms with Crippen LogP contribution in [-0.2, 0) is 19.5 Å². The van der Waals surface area contributed by atoms with Gasteiger partial charge in [0.1, 0.15) is 0 Å². The van der Waals surface area contributed by atoms with Crippen molar-refractivity contribution in [2.45, 2.75) is 19.5 Å². The lowest BCUT2D eigenvalue weighted by molar-refractivity contribution is 0.210. The van der Waals surface area contributed by atoms with Crippen molar-refractivity contribution in [2.75, 3.05) is 20.8 Å². The number of fused-ring (bicyclic) bond motifs is 1. The second-order valence-electron chi connectivity index (χ2n) is 5.93. The molecule has 3 aromatic rings. The van der Waals surface area contributed by atoms with Crippen LogP contribution in [0, 0.1) is 0 Å². The average Bonchev–Trinajstić information content (AvgIpc) is 3.32. The Hall–Kier alpha value is -2.80. The first-order valence-corrected chi connectivity index (χ1v) is 8.09. The molecular formula is C18H19N3O4. The summed E-state index contributed by atoms with van der Waals surface area (Å²) in [6.45, 7) is 2.32. The molecule has 7 heteroatoms. The zero-order chi connectivity index (χ0) is 17.2. The summed E-state index contributed by atoms with van der Waals surface area (Å²) >= 11 is 0. The summed E-state index contributed by atoms with van der Waals surface area (Å²) in [7, 11) is 3.31. The SMILES string of the molecule is COc1cc2c(cc1OC)CN(Cc1nc(-c3ccco3)no1)CC2. The fourth-order valence-electron chi connectivity index (χ4n) is 3.09. The lowest BCUT2D eigenvalue weighted by Crippen LogP contribution is -2.30. The molecule has 0 fully saturated rings. The number of benzene rings is 1. The number of nitrogens with zero attached hydrogens (tertiary/aromatic N) is 3. The third-order valence-electron chi connectivity index (χ3n) is 4.37. The van der Waals surface area contributed by atoms with Crippen molar-refractivity contribution in [1.82, 2.24) is 15.0 Å². The third-order valence-corrected chi connectivity index (χ3v) is 4.37. The highest BCUT2D eigenvalue weighted by molar-refractivity contribution is 5.48. The zero-order valence-electron chi connectivity index (χ0n) is 14.2. The van der Waals surface area contributed by atoms with E-state index in [0.29, 0.717) is 24.0 Å². The first-order valence-electron chi connectivity index (χ1n) is 8.09. The van der Waals surface area contributed by atoms with Crippen LogP contribution in [0.4, 0.5) is 0 Å². The molecule has 0 N–H and O–H groups in total. The molecule has 1 aromatic carbocycles. The predicted octanol–water partition coefficient (Wildman–Crippen LogP) is 2.91. The van der Waals surface area contributed by atoms with Crippen molar-refractivity contribution in [3.63, 3.8) is 0 Å². The number of ether oxygens (including phenoxy) is 2. The van der Waals surface area contributed by atoms with Crippen LogP contribution >= 0.6 is 0 Å². The van der Waals surface area contributed by atoms with Gasteiger partial charge in [-0.05, 0) is 41.8 Å². The number of hydrogen-bond acceptors (Lipinski definition) is 7. The van der Waals surface area contributed by atoms with Gasteiger partial charge < -0.3 is 18.4 Å². The molecule has 0 radical (unpaired) electrons. The molecular weight excluding hydrogens is 322 g/mol. The van der Waals surface area contributed by atoms with Crippen LogP contribution in [0.3, 0.4) is 0 Å². The Morgan fingerprint density at radius 2 is 1.96 bits per heavy atom. The molecule has 0 bridgehead atoms. The van der Waals surface area contributed by atoms with Crippen molar-refractivity contribution in [2.24, 2.45) is 0 Å². The second-order valence-corrected chi connectivity index (χ2v) is 5.93. The minimum absolute atomic E-state index is 0.476. The normalized spacial score (nSPS) is 14.3. The summed E-state index contributed by atoms with van der Waals surface area (Å²) in [5.41, 5.74) is 2.52. The van der Waals surface area contributed by atoms with E-state index in [0.717, 1.165) is 31.0 Å². The Labute approximate surface area is 145 Å². The van der Waals surface area contributed by atoms with Crippen molar-refractivity contribution in [1.29, 1.82) is 0 Å². The summed E-state index contributed by atoms with van der Waals surface area (Å²) < 4.78 is 21.4. The molecule has 0 atom stereocenters. The molecule has 1 aliphatic heterocycles. The quantitative estimate of drug-likeness (QED) is 0.706. The van der Waals surface area contributed by atoms with Gasteiger partial charge in [0.2, 0.25) is 11.7 Å². The molecule has 3 heterocycles. The highest BCUT2D eigenvalue weighted by Crippen LogP contribution is 2.33. The molecule has 25 heavy (non-hydrogen) atoms. The largest absolute Gasteiger partial charge is 0.493 e. The maximum Gasteiger partial charge on any atom is 0.241 e. The van der Waals surface area contributed by atoms with Gasteiger partial charge in [0.25, 0.3) is 0 Å². The molecule has 0 unspecified atom stereocenters. The molecule has 130 valence electrons. The lowest BCUT2D eigenvalue weighted by Gasteiger charge is -2.28. The van der Waals surface area contributed by atoms with Crippen molar-refractivity contribution in [3.05, 3.63) is 47.5 Å². The second kappa shape index (κ2) is 6.60. The van der Waals surface area contributed by atoms with Crippen LogP contribution in [0.25, 0.3) is 11.6 Å². The number of methoxy groups -OCH3 is 2. The Morgan fingerprint density at radius 3 is 2.68 bits per heavy atom. The first kappa shape index (κ1) is 15.7. The van der Waals surface area contributed by atoms with Gasteiger partial charge in [0.05, 0.1) is 27.0 Å². The van der Waals surface area contributed by atoms with E-state index >= 15 is 0 Å². The predicted molar refractivity (Wildman–Crippen MR) is 89.4 cm³/mol. The van der Waals surface area contributed by atoms with E-state index in [1.807, 2.05) is 12.1 Å². The highest BCUT2D eigenvalue weighted by Gasteiger charge is 2.21. The van der Waals surface area contributed by atoms with Gasteiger partial charge in [-0.1, -0.05) is 5.16 Å². The van der Waals surface area contributed by atoms with Gasteiger partial charge in [-0.15, -0.1) is 0 Å². The minimum Gasteiger partial charge on any atom is -0.493 e. The van der Waals surface area contributed by atoms with E-state index in [-0.39, 0.29) is 0 Å². The van der Waals surface area contributed by atoms with Crippen LogP contribution in [0.2, 0.25) is 0 Å². The molecule has 0 saturated heterocycles. The monoisotopic (exact) mass is 341 g/mol. The Kier molecular flexibility index (Phi) is 4.15. The van der Waals surface area contributed by atoms with E-state index in [1.54, 1.807) is 26.5 Å². The van der Waals surface area contributed by atoms with Crippen molar-refractivity contribution in [3.8, 4) is 23.1 Å². The van der Waals surface area contributed by atoms with Gasteiger partial charge in [-0.3, -0.25) is 4.90 Å². The maximum absolute atomic E-state index is 5.41. The number of aromatic nitrogens is 2. The fraction of sp³-hybridized carbons (Fsp3) is 0.333. The fourth-order valence-corrected chi connectivity index (χ4v) is 3.09. The third kappa shape index (κ3) is 3.10. The van der Waals surface area contributed by atoms with Crippen molar-refractivity contribution >= 4 is 0 Å². The number of furan rings is 1. The summed E-state index contributed by atoms with van der Waals surface area (Å²) in [6, 6.07) is 7.72. The van der Waals surface area contributed by atoms with Crippen LogP contribution in [0.15, 0.2) is 39.5 Å². The molecule has 0 saturated carbocycles. The molecule has 0 aliphatic carbocycles. The van der Waals surface area contributed by atoms with E-state index < -0.39 is 0 Å². The Bertz CT molecular complexity index is 857. The van der Waals surface area contributed by atoms with Gasteiger partial charge >= 0.3 is 0 Å². The van der Waals surface area contributed by atoms with Crippen LogP contribution in [0.5, 0.6) is 11.5 Å². The topological polar surface area (TPSA) is 73.8 Å². The summed E-state index contributed by atoms with van der Waals surface area (Å²) in [6.07, 6.45) is 2.53. The van der Waals surface area contributed by atoms with E-state index in [4.69, 9.17) is 18.4 Å². The Morgan fingerprint density at radius 1 is 1.16 bits per heavy atom. The molecule has 0 amide bonds. The van der Waals surface area contributed by atoms with E-state index in [2.05, 4.69) is 21.1 Å². The molecule has 7 nitrogen and oxygen atoms in total. The Balaban J connectivity index is 1.49. The van der Waals surface area contributed by atoms with Crippen LogP contribution in [-0.4, -0.2) is 35.8 Å². The maximum atomic E-state index is 5.41. The average molecular weight is 341 g/mol. The molecule has 0 spiro atoms. The summed E-state index contributed by atoms with van der Waals surface area (Å²) in [4.78, 5) is 6.68. The van der Waals surface area contributed by atoms with Gasteiger partial charge in [0, 0.05) is 13.1 Å². The van der Waals surface area contributed by atoms with Gasteiger partial charge in [-0.2, -0.15) is 4.98 Å². The highest BCUT2D eigenvalue weighted by atomic mass is 16.5. The number of hydrogen-bond donors (Lipinski definition) is 0. The molecule has 1 aliphatic rings. The molecule has 2 aromatic heterocycles. The summed E-state index contributed by atoms with van der Waals surface area (Å²) in [5.74, 6) is 3.19. The molecule has 4 rings (SSSR count). The minimum atomic E-state index is 0.476. The zero-order valence-corrected chi connectivity index (χ0v) is 14.2. The number of rotatable bonds is 5. The van der Waals surface area contributed by atoms with Gasteiger partial charge in [-0.25, -0.2) is 0 Å². The van der Waals surface area contributed by atoms with Gasteiger partial charge in [0.15, 0.2) is 17.3 Å². The lowest BCUT2D eigenvalue weighted by atomic mass is 9.99. The first-order chi connectivity index (χ1) is 12.3. The summed E-state index contributed by atoms with van der Waals surface area (Å²) in [5, 5.41) is 3.98. The van der Waals surface area contributed by atoms with E-state index in [1.165, 1.54) is 11.1 Å².